The molecule has 9 heteroatoms. The van der Waals surface area contributed by atoms with E-state index in [1.165, 1.54) is 32.8 Å². The summed E-state index contributed by atoms with van der Waals surface area (Å²) in [5.41, 5.74) is 0.808. The van der Waals surface area contributed by atoms with E-state index < -0.39 is 16.0 Å². The van der Waals surface area contributed by atoms with Gasteiger partial charge >= 0.3 is 5.97 Å². The number of carbonyl (C=O) groups excluding carboxylic acids is 1. The van der Waals surface area contributed by atoms with Gasteiger partial charge in [0.25, 0.3) is 0 Å². The molecule has 136 valence electrons. The molecule has 0 unspecified atom stereocenters. The third-order valence-electron chi connectivity index (χ3n) is 3.46. The summed E-state index contributed by atoms with van der Waals surface area (Å²) in [5.74, 6) is 0.466. The van der Waals surface area contributed by atoms with Crippen LogP contribution in [0.25, 0.3) is 0 Å². The quantitative estimate of drug-likeness (QED) is 0.700. The first-order chi connectivity index (χ1) is 11.9. The predicted octanol–water partition coefficient (Wildman–Crippen LogP) is 2.07. The zero-order valence-electron chi connectivity index (χ0n) is 14.1. The SMILES string of the molecule is COC(=O)c1sccc1S(=O)(=O)NCCc1cccc(OC)c1OC. The van der Waals surface area contributed by atoms with Gasteiger partial charge in [-0.1, -0.05) is 12.1 Å². The van der Waals surface area contributed by atoms with Gasteiger partial charge in [0.1, 0.15) is 9.77 Å². The molecular formula is C16H19NO6S2. The molecule has 1 aromatic carbocycles. The highest BCUT2D eigenvalue weighted by atomic mass is 32.2. The van der Waals surface area contributed by atoms with E-state index in [1.54, 1.807) is 12.1 Å². The van der Waals surface area contributed by atoms with Crippen molar-refractivity contribution < 1.29 is 27.4 Å². The lowest BCUT2D eigenvalue weighted by atomic mass is 10.1. The zero-order valence-corrected chi connectivity index (χ0v) is 15.7. The van der Waals surface area contributed by atoms with Crippen LogP contribution in [0.3, 0.4) is 0 Å². The number of hydrogen-bond acceptors (Lipinski definition) is 7. The van der Waals surface area contributed by atoms with Crippen LogP contribution in [-0.2, 0) is 21.2 Å². The fourth-order valence-electron chi connectivity index (χ4n) is 2.30. The van der Waals surface area contributed by atoms with Gasteiger partial charge in [0.2, 0.25) is 10.0 Å². The minimum Gasteiger partial charge on any atom is -0.493 e. The number of nitrogens with one attached hydrogen (secondary N) is 1. The van der Waals surface area contributed by atoms with Crippen molar-refractivity contribution in [1.82, 2.24) is 4.72 Å². The number of esters is 1. The van der Waals surface area contributed by atoms with Crippen LogP contribution in [0.15, 0.2) is 34.5 Å². The molecule has 7 nitrogen and oxygen atoms in total. The molecule has 1 aromatic heterocycles. The lowest BCUT2D eigenvalue weighted by Crippen LogP contribution is -2.27. The zero-order chi connectivity index (χ0) is 18.4. The molecular weight excluding hydrogens is 366 g/mol. The number of hydrogen-bond donors (Lipinski definition) is 1. The van der Waals surface area contributed by atoms with Crippen molar-refractivity contribution in [3.8, 4) is 11.5 Å². The van der Waals surface area contributed by atoms with Crippen LogP contribution < -0.4 is 14.2 Å². The molecule has 0 fully saturated rings. The van der Waals surface area contributed by atoms with Crippen molar-refractivity contribution in [2.45, 2.75) is 11.3 Å². The molecule has 1 N–H and O–H groups in total. The molecule has 0 spiro atoms. The van der Waals surface area contributed by atoms with Crippen LogP contribution in [0.1, 0.15) is 15.2 Å². The van der Waals surface area contributed by atoms with Crippen molar-refractivity contribution in [3.63, 3.8) is 0 Å². The highest BCUT2D eigenvalue weighted by Crippen LogP contribution is 2.31. The number of sulfonamides is 1. The van der Waals surface area contributed by atoms with Gasteiger partial charge in [-0.15, -0.1) is 11.3 Å². The van der Waals surface area contributed by atoms with Crippen molar-refractivity contribution in [1.29, 1.82) is 0 Å². The highest BCUT2D eigenvalue weighted by molar-refractivity contribution is 7.89. The molecule has 25 heavy (non-hydrogen) atoms. The summed E-state index contributed by atoms with van der Waals surface area (Å²) in [6, 6.07) is 6.78. The number of rotatable bonds is 8. The maximum Gasteiger partial charge on any atom is 0.349 e. The smallest absolute Gasteiger partial charge is 0.349 e. The summed E-state index contributed by atoms with van der Waals surface area (Å²) >= 11 is 1.02. The second-order valence-corrected chi connectivity index (χ2v) is 7.56. The summed E-state index contributed by atoms with van der Waals surface area (Å²) in [7, 11) is 0.453. The predicted molar refractivity (Wildman–Crippen MR) is 94.1 cm³/mol. The van der Waals surface area contributed by atoms with Crippen molar-refractivity contribution in [3.05, 3.63) is 40.1 Å². The fourth-order valence-corrected chi connectivity index (χ4v) is 4.66. The van der Waals surface area contributed by atoms with Gasteiger partial charge in [0, 0.05) is 6.54 Å². The molecule has 0 amide bonds. The van der Waals surface area contributed by atoms with E-state index in [-0.39, 0.29) is 16.3 Å². The first-order valence-electron chi connectivity index (χ1n) is 7.30. The molecule has 2 rings (SSSR count). The molecule has 2 aromatic rings. The van der Waals surface area contributed by atoms with Crippen LogP contribution in [0.4, 0.5) is 0 Å². The van der Waals surface area contributed by atoms with Crippen LogP contribution >= 0.6 is 11.3 Å². The minimum absolute atomic E-state index is 0.0500. The highest BCUT2D eigenvalue weighted by Gasteiger charge is 2.24. The monoisotopic (exact) mass is 385 g/mol. The standard InChI is InChI=1S/C16H19NO6S2/c1-21-12-6-4-5-11(14(12)22-2)7-9-17-25(19,20)13-8-10-24-15(13)16(18)23-3/h4-6,8,10,17H,7,9H2,1-3H3. The Hall–Kier alpha value is -2.10. The summed E-state index contributed by atoms with van der Waals surface area (Å²) in [6.45, 7) is 0.141. The van der Waals surface area contributed by atoms with Gasteiger partial charge in [-0.05, 0) is 29.5 Å². The molecule has 0 radical (unpaired) electrons. The number of ether oxygens (including phenoxy) is 3. The second kappa shape index (κ2) is 8.32. The molecule has 0 aliphatic carbocycles. The number of para-hydroxylation sites is 1. The van der Waals surface area contributed by atoms with Gasteiger partial charge in [0.05, 0.1) is 21.3 Å². The molecule has 0 bridgehead atoms. The molecule has 0 saturated heterocycles. The fraction of sp³-hybridized carbons (Fsp3) is 0.312. The number of benzene rings is 1. The van der Waals surface area contributed by atoms with E-state index in [9.17, 15) is 13.2 Å². The van der Waals surface area contributed by atoms with Gasteiger partial charge in [-0.3, -0.25) is 0 Å². The Labute approximate surface area is 150 Å². The van der Waals surface area contributed by atoms with E-state index in [0.717, 1.165) is 16.9 Å². The van der Waals surface area contributed by atoms with Gasteiger partial charge in [-0.2, -0.15) is 0 Å². The Kier molecular flexibility index (Phi) is 6.40. The Morgan fingerprint density at radius 1 is 1.16 bits per heavy atom. The van der Waals surface area contributed by atoms with Crippen molar-refractivity contribution >= 4 is 27.3 Å². The lowest BCUT2D eigenvalue weighted by Gasteiger charge is -2.13. The molecule has 0 aliphatic rings. The first kappa shape index (κ1) is 19.2. The maximum atomic E-state index is 12.4. The van der Waals surface area contributed by atoms with E-state index in [0.29, 0.717) is 17.9 Å². The Bertz CT molecular complexity index is 844. The summed E-state index contributed by atoms with van der Waals surface area (Å²) < 4.78 is 42.5. The second-order valence-electron chi connectivity index (χ2n) is 4.91. The normalized spacial score (nSPS) is 11.2. The molecule has 0 aliphatic heterocycles. The van der Waals surface area contributed by atoms with Crippen LogP contribution in [-0.4, -0.2) is 42.3 Å². The third-order valence-corrected chi connectivity index (χ3v) is 5.99. The number of methoxy groups -OCH3 is 3. The Morgan fingerprint density at radius 3 is 2.56 bits per heavy atom. The largest absolute Gasteiger partial charge is 0.493 e. The maximum absolute atomic E-state index is 12.4. The van der Waals surface area contributed by atoms with Crippen molar-refractivity contribution in [2.24, 2.45) is 0 Å². The topological polar surface area (TPSA) is 90.9 Å². The van der Waals surface area contributed by atoms with E-state index >= 15 is 0 Å². The Morgan fingerprint density at radius 2 is 1.92 bits per heavy atom. The third kappa shape index (κ3) is 4.30. The minimum atomic E-state index is -3.82. The average molecular weight is 385 g/mol. The van der Waals surface area contributed by atoms with Crippen LogP contribution in [0.2, 0.25) is 0 Å². The summed E-state index contributed by atoms with van der Waals surface area (Å²) in [6.07, 6.45) is 0.400. The van der Waals surface area contributed by atoms with Crippen molar-refractivity contribution in [2.75, 3.05) is 27.9 Å². The average Bonchev–Trinajstić information content (AvgIpc) is 3.11. The summed E-state index contributed by atoms with van der Waals surface area (Å²) in [5, 5.41) is 1.53. The summed E-state index contributed by atoms with van der Waals surface area (Å²) in [4.78, 5) is 11.6. The van der Waals surface area contributed by atoms with Crippen LogP contribution in [0.5, 0.6) is 11.5 Å². The van der Waals surface area contributed by atoms with E-state index in [1.807, 2.05) is 6.07 Å². The van der Waals surface area contributed by atoms with Crippen LogP contribution in [0, 0.1) is 0 Å². The number of thiophene rings is 1. The van der Waals surface area contributed by atoms with E-state index in [2.05, 4.69) is 9.46 Å². The molecule has 0 atom stereocenters. The van der Waals surface area contributed by atoms with E-state index in [4.69, 9.17) is 9.47 Å². The van der Waals surface area contributed by atoms with Gasteiger partial charge in [0.15, 0.2) is 11.5 Å². The Balaban J connectivity index is 2.12. The lowest BCUT2D eigenvalue weighted by molar-refractivity contribution is 0.0602. The molecule has 0 saturated carbocycles. The van der Waals surface area contributed by atoms with Gasteiger partial charge in [-0.25, -0.2) is 17.9 Å². The van der Waals surface area contributed by atoms with Gasteiger partial charge < -0.3 is 14.2 Å². The number of carbonyl (C=O) groups is 1. The first-order valence-corrected chi connectivity index (χ1v) is 9.66. The molecule has 1 heterocycles.